The van der Waals surface area contributed by atoms with Gasteiger partial charge in [0.15, 0.2) is 5.78 Å². The molecule has 154 valence electrons. The average molecular weight is 396 g/mol. The Kier molecular flexibility index (Phi) is 8.00. The van der Waals surface area contributed by atoms with E-state index in [1.54, 1.807) is 12.1 Å². The van der Waals surface area contributed by atoms with Crippen LogP contribution in [0.25, 0.3) is 6.08 Å². The molecule has 1 atom stereocenters. The van der Waals surface area contributed by atoms with Crippen molar-refractivity contribution in [1.82, 2.24) is 4.90 Å². The molecule has 2 aromatic carbocycles. The van der Waals surface area contributed by atoms with Gasteiger partial charge in [-0.05, 0) is 69.6 Å². The Balaban J connectivity index is 1.42. The number of hydrogen-bond donors (Lipinski definition) is 0. The lowest BCUT2D eigenvalue weighted by molar-refractivity contribution is 0.0960. The SMILES string of the molecule is CC=Cc1ccccc1OCC1CCCN(CCCC(=O)c2ccc(F)cc2)C1. The molecule has 4 heteroatoms. The van der Waals surface area contributed by atoms with Crippen LogP contribution in [0.4, 0.5) is 4.39 Å². The molecule has 29 heavy (non-hydrogen) atoms. The smallest absolute Gasteiger partial charge is 0.162 e. The molecule has 0 radical (unpaired) electrons. The zero-order valence-corrected chi connectivity index (χ0v) is 17.1. The molecule has 1 aliphatic heterocycles. The molecule has 0 aromatic heterocycles. The van der Waals surface area contributed by atoms with Gasteiger partial charge in [-0.25, -0.2) is 4.39 Å². The predicted octanol–water partition coefficient (Wildman–Crippen LogP) is 5.61. The van der Waals surface area contributed by atoms with Gasteiger partial charge in [0.05, 0.1) is 6.61 Å². The molecule has 0 spiro atoms. The number of allylic oxidation sites excluding steroid dienone is 1. The molecule has 0 amide bonds. The Labute approximate surface area is 173 Å². The van der Waals surface area contributed by atoms with Crippen LogP contribution in [0, 0.1) is 11.7 Å². The predicted molar refractivity (Wildman–Crippen MR) is 116 cm³/mol. The van der Waals surface area contributed by atoms with Crippen LogP contribution in [0.3, 0.4) is 0 Å². The number of rotatable bonds is 9. The number of nitrogens with zero attached hydrogens (tertiary/aromatic N) is 1. The van der Waals surface area contributed by atoms with E-state index < -0.39 is 0 Å². The van der Waals surface area contributed by atoms with Crippen LogP contribution in [-0.4, -0.2) is 36.9 Å². The second-order valence-corrected chi connectivity index (χ2v) is 7.69. The summed E-state index contributed by atoms with van der Waals surface area (Å²) in [4.78, 5) is 14.7. The number of halogens is 1. The van der Waals surface area contributed by atoms with E-state index in [0.717, 1.165) is 50.4 Å². The van der Waals surface area contributed by atoms with Gasteiger partial charge in [-0.2, -0.15) is 0 Å². The first kappa shape index (κ1) is 21.3. The van der Waals surface area contributed by atoms with E-state index in [0.29, 0.717) is 17.9 Å². The number of ketones is 1. The molecule has 0 aliphatic carbocycles. The van der Waals surface area contributed by atoms with Gasteiger partial charge in [0.1, 0.15) is 11.6 Å². The minimum absolute atomic E-state index is 0.0856. The van der Waals surface area contributed by atoms with Gasteiger partial charge < -0.3 is 9.64 Å². The fraction of sp³-hybridized carbons (Fsp3) is 0.400. The number of benzene rings is 2. The highest BCUT2D eigenvalue weighted by Gasteiger charge is 2.20. The lowest BCUT2D eigenvalue weighted by Crippen LogP contribution is -2.38. The number of piperidine rings is 1. The van der Waals surface area contributed by atoms with Gasteiger partial charge >= 0.3 is 0 Å². The maximum absolute atomic E-state index is 13.0. The molecule has 1 saturated heterocycles. The Morgan fingerprint density at radius 2 is 2.00 bits per heavy atom. The molecule has 3 nitrogen and oxygen atoms in total. The standard InChI is InChI=1S/C25H30FNO2/c1-2-7-22-9-3-4-11-25(22)29-19-20-8-5-16-27(18-20)17-6-10-24(28)21-12-14-23(26)15-13-21/h2-4,7,9,11-15,20H,5-6,8,10,16-19H2,1H3. The van der Waals surface area contributed by atoms with Crippen LogP contribution < -0.4 is 4.74 Å². The lowest BCUT2D eigenvalue weighted by Gasteiger charge is -2.32. The number of para-hydroxylation sites is 1. The summed E-state index contributed by atoms with van der Waals surface area (Å²) in [6, 6.07) is 14.0. The summed E-state index contributed by atoms with van der Waals surface area (Å²) in [5, 5.41) is 0. The van der Waals surface area contributed by atoms with Crippen LogP contribution >= 0.6 is 0 Å². The molecule has 0 N–H and O–H groups in total. The van der Waals surface area contributed by atoms with E-state index in [1.165, 1.54) is 18.6 Å². The van der Waals surface area contributed by atoms with Gasteiger partial charge in [0.2, 0.25) is 0 Å². The number of carbonyl (C=O) groups is 1. The number of Topliss-reactive ketones (excluding diaryl/α,β-unsaturated/α-hetero) is 1. The molecule has 0 bridgehead atoms. The molecule has 1 aliphatic rings. The number of likely N-dealkylation sites (tertiary alicyclic amines) is 1. The maximum Gasteiger partial charge on any atom is 0.162 e. The van der Waals surface area contributed by atoms with Crippen molar-refractivity contribution in [3.05, 3.63) is 71.6 Å². The Morgan fingerprint density at radius 3 is 2.79 bits per heavy atom. The van der Waals surface area contributed by atoms with Gasteiger partial charge in [0, 0.05) is 30.0 Å². The van der Waals surface area contributed by atoms with Gasteiger partial charge in [-0.15, -0.1) is 0 Å². The topological polar surface area (TPSA) is 29.5 Å². The van der Waals surface area contributed by atoms with Gasteiger partial charge in [0.25, 0.3) is 0 Å². The van der Waals surface area contributed by atoms with Crippen LogP contribution in [0.1, 0.15) is 48.5 Å². The van der Waals surface area contributed by atoms with E-state index in [9.17, 15) is 9.18 Å². The van der Waals surface area contributed by atoms with Gasteiger partial charge in [-0.3, -0.25) is 4.79 Å². The van der Waals surface area contributed by atoms with Crippen molar-refractivity contribution >= 4 is 11.9 Å². The van der Waals surface area contributed by atoms with E-state index in [1.807, 2.05) is 31.2 Å². The van der Waals surface area contributed by atoms with E-state index in [2.05, 4.69) is 17.0 Å². The first-order valence-electron chi connectivity index (χ1n) is 10.5. The molecule has 1 heterocycles. The Morgan fingerprint density at radius 1 is 1.21 bits per heavy atom. The van der Waals surface area contributed by atoms with E-state index >= 15 is 0 Å². The second kappa shape index (κ2) is 10.9. The second-order valence-electron chi connectivity index (χ2n) is 7.69. The van der Waals surface area contributed by atoms with Crippen molar-refractivity contribution in [2.45, 2.75) is 32.6 Å². The Bertz CT molecular complexity index is 816. The van der Waals surface area contributed by atoms with Crippen molar-refractivity contribution in [2.24, 2.45) is 5.92 Å². The van der Waals surface area contributed by atoms with Crippen molar-refractivity contribution in [3.8, 4) is 5.75 Å². The van der Waals surface area contributed by atoms with Crippen molar-refractivity contribution in [1.29, 1.82) is 0 Å². The fourth-order valence-corrected chi connectivity index (χ4v) is 3.87. The van der Waals surface area contributed by atoms with E-state index in [4.69, 9.17) is 4.74 Å². The summed E-state index contributed by atoms with van der Waals surface area (Å²) in [5.41, 5.74) is 1.71. The van der Waals surface area contributed by atoms with Crippen LogP contribution in [0.15, 0.2) is 54.6 Å². The molecule has 3 rings (SSSR count). The molecular formula is C25H30FNO2. The highest BCUT2D eigenvalue weighted by molar-refractivity contribution is 5.95. The molecule has 1 fully saturated rings. The summed E-state index contributed by atoms with van der Waals surface area (Å²) in [7, 11) is 0. The summed E-state index contributed by atoms with van der Waals surface area (Å²) in [5.74, 6) is 1.22. The normalized spacial score (nSPS) is 17.5. The summed E-state index contributed by atoms with van der Waals surface area (Å²) in [6.45, 7) is 5.74. The highest BCUT2D eigenvalue weighted by Crippen LogP contribution is 2.23. The quantitative estimate of drug-likeness (QED) is 0.517. The number of carbonyl (C=O) groups excluding carboxylic acids is 1. The third kappa shape index (κ3) is 6.53. The monoisotopic (exact) mass is 395 g/mol. The summed E-state index contributed by atoms with van der Waals surface area (Å²) in [6.07, 6.45) is 7.76. The van der Waals surface area contributed by atoms with Crippen molar-refractivity contribution in [3.63, 3.8) is 0 Å². The third-order valence-corrected chi connectivity index (χ3v) is 5.39. The van der Waals surface area contributed by atoms with Crippen molar-refractivity contribution < 1.29 is 13.9 Å². The Hall–Kier alpha value is -2.46. The number of ether oxygens (including phenoxy) is 1. The summed E-state index contributed by atoms with van der Waals surface area (Å²) >= 11 is 0. The average Bonchev–Trinajstić information content (AvgIpc) is 2.74. The first-order chi connectivity index (χ1) is 14.2. The zero-order chi connectivity index (χ0) is 20.5. The van der Waals surface area contributed by atoms with Crippen LogP contribution in [-0.2, 0) is 0 Å². The third-order valence-electron chi connectivity index (χ3n) is 5.39. The minimum atomic E-state index is -0.309. The highest BCUT2D eigenvalue weighted by atomic mass is 19.1. The van der Waals surface area contributed by atoms with Gasteiger partial charge in [-0.1, -0.05) is 30.4 Å². The first-order valence-corrected chi connectivity index (χ1v) is 10.5. The van der Waals surface area contributed by atoms with Crippen LogP contribution in [0.2, 0.25) is 0 Å². The molecule has 0 saturated carbocycles. The number of hydrogen-bond acceptors (Lipinski definition) is 3. The summed E-state index contributed by atoms with van der Waals surface area (Å²) < 4.78 is 19.1. The van der Waals surface area contributed by atoms with Crippen molar-refractivity contribution in [2.75, 3.05) is 26.2 Å². The minimum Gasteiger partial charge on any atom is -0.493 e. The fourth-order valence-electron chi connectivity index (χ4n) is 3.87. The molecule has 2 aromatic rings. The largest absolute Gasteiger partial charge is 0.493 e. The van der Waals surface area contributed by atoms with Crippen LogP contribution in [0.5, 0.6) is 5.75 Å². The molecule has 1 unspecified atom stereocenters. The zero-order valence-electron chi connectivity index (χ0n) is 17.1. The maximum atomic E-state index is 13.0. The van der Waals surface area contributed by atoms with E-state index in [-0.39, 0.29) is 11.6 Å². The molecular weight excluding hydrogens is 365 g/mol. The lowest BCUT2D eigenvalue weighted by atomic mass is 9.98.